The Morgan fingerprint density at radius 3 is 2.76 bits per heavy atom. The maximum atomic E-state index is 13.0. The van der Waals surface area contributed by atoms with Crippen LogP contribution in [0, 0.1) is 17.1 Å². The van der Waals surface area contributed by atoms with E-state index in [4.69, 9.17) is 0 Å². The molecule has 0 aromatic carbocycles. The van der Waals surface area contributed by atoms with Gasteiger partial charge in [0.25, 0.3) is 0 Å². The van der Waals surface area contributed by atoms with E-state index < -0.39 is 5.82 Å². The molecule has 25 heavy (non-hydrogen) atoms. The Hall–Kier alpha value is -3.34. The number of anilines is 2. The summed E-state index contributed by atoms with van der Waals surface area (Å²) in [5.41, 5.74) is 1.95. The van der Waals surface area contributed by atoms with E-state index in [1.54, 1.807) is 6.07 Å². The highest BCUT2D eigenvalue weighted by Crippen LogP contribution is 2.20. The summed E-state index contributed by atoms with van der Waals surface area (Å²) in [7, 11) is 0. The van der Waals surface area contributed by atoms with E-state index in [-0.39, 0.29) is 11.7 Å². The molecule has 0 spiro atoms. The van der Waals surface area contributed by atoms with Crippen molar-refractivity contribution in [2.45, 2.75) is 19.9 Å². The Bertz CT molecular complexity index is 881. The third-order valence-corrected chi connectivity index (χ3v) is 3.56. The normalized spacial score (nSPS) is 14.3. The van der Waals surface area contributed by atoms with Crippen molar-refractivity contribution in [2.24, 2.45) is 4.99 Å². The Morgan fingerprint density at radius 2 is 2.12 bits per heavy atom. The second-order valence-electron chi connectivity index (χ2n) is 5.65. The summed E-state index contributed by atoms with van der Waals surface area (Å²) in [6.07, 6.45) is 4.56. The number of pyridine rings is 1. The predicted molar refractivity (Wildman–Crippen MR) is 92.7 cm³/mol. The van der Waals surface area contributed by atoms with E-state index in [1.165, 1.54) is 12.3 Å². The Labute approximate surface area is 144 Å². The summed E-state index contributed by atoms with van der Waals surface area (Å²) in [6, 6.07) is 4.64. The van der Waals surface area contributed by atoms with Crippen molar-refractivity contribution in [1.29, 1.82) is 5.26 Å². The fourth-order valence-corrected chi connectivity index (χ4v) is 2.30. The molecular weight excluding hydrogens is 321 g/mol. The molecule has 2 N–H and O–H groups in total. The number of amidine groups is 1. The van der Waals surface area contributed by atoms with Crippen LogP contribution in [0.5, 0.6) is 0 Å². The number of aromatic nitrogens is 3. The summed E-state index contributed by atoms with van der Waals surface area (Å²) < 4.78 is 13.0. The second kappa shape index (κ2) is 7.05. The molecule has 1 aliphatic heterocycles. The van der Waals surface area contributed by atoms with Crippen LogP contribution in [0.15, 0.2) is 41.2 Å². The summed E-state index contributed by atoms with van der Waals surface area (Å²) in [6.45, 7) is 4.49. The minimum Gasteiger partial charge on any atom is -0.359 e. The third kappa shape index (κ3) is 3.95. The van der Waals surface area contributed by atoms with Gasteiger partial charge < -0.3 is 10.6 Å². The Balaban J connectivity index is 1.80. The molecule has 7 nitrogen and oxygen atoms in total. The van der Waals surface area contributed by atoms with Crippen molar-refractivity contribution in [3.63, 3.8) is 0 Å². The molecule has 0 fully saturated rings. The van der Waals surface area contributed by atoms with Gasteiger partial charge in [0, 0.05) is 0 Å². The van der Waals surface area contributed by atoms with E-state index in [9.17, 15) is 9.65 Å². The lowest BCUT2D eigenvalue weighted by Gasteiger charge is -2.15. The van der Waals surface area contributed by atoms with Gasteiger partial charge >= 0.3 is 0 Å². The van der Waals surface area contributed by atoms with Crippen molar-refractivity contribution in [2.75, 3.05) is 17.2 Å². The fraction of sp³-hybridized carbons (Fsp3) is 0.235. The summed E-state index contributed by atoms with van der Waals surface area (Å²) in [4.78, 5) is 16.9. The largest absolute Gasteiger partial charge is 0.359 e. The van der Waals surface area contributed by atoms with Gasteiger partial charge in [-0.25, -0.2) is 14.4 Å². The molecule has 0 saturated carbocycles. The minimum atomic E-state index is -0.402. The number of aliphatic imine (C=N–C) groups is 1. The monoisotopic (exact) mass is 337 g/mol. The van der Waals surface area contributed by atoms with Crippen LogP contribution in [0.3, 0.4) is 0 Å². The smallest absolute Gasteiger partial charge is 0.183 e. The van der Waals surface area contributed by atoms with Gasteiger partial charge in [-0.2, -0.15) is 5.26 Å². The van der Waals surface area contributed by atoms with Crippen LogP contribution in [0.2, 0.25) is 0 Å². The lowest BCUT2D eigenvalue weighted by atomic mass is 10.2. The SMILES string of the molecule is CC1=CC(Nc2cnc(C#N)c(N[C@@H](C)c3ccc(F)cn3)n2)=NC1. The Kier molecular flexibility index (Phi) is 4.66. The van der Waals surface area contributed by atoms with Crippen molar-refractivity contribution in [1.82, 2.24) is 15.0 Å². The number of halogens is 1. The van der Waals surface area contributed by atoms with Crippen LogP contribution < -0.4 is 10.6 Å². The van der Waals surface area contributed by atoms with Gasteiger partial charge in [-0.15, -0.1) is 0 Å². The van der Waals surface area contributed by atoms with Crippen molar-refractivity contribution >= 4 is 17.5 Å². The highest BCUT2D eigenvalue weighted by atomic mass is 19.1. The molecule has 8 heteroatoms. The van der Waals surface area contributed by atoms with Crippen molar-refractivity contribution < 1.29 is 4.39 Å². The molecule has 2 aromatic heterocycles. The molecule has 0 saturated heterocycles. The van der Waals surface area contributed by atoms with E-state index >= 15 is 0 Å². The molecular formula is C17H16FN7. The average Bonchev–Trinajstić information content (AvgIpc) is 3.00. The van der Waals surface area contributed by atoms with Gasteiger partial charge in [-0.3, -0.25) is 9.98 Å². The molecule has 3 heterocycles. The van der Waals surface area contributed by atoms with Crippen molar-refractivity contribution in [3.05, 3.63) is 53.4 Å². The highest BCUT2D eigenvalue weighted by Gasteiger charge is 2.14. The lowest BCUT2D eigenvalue weighted by molar-refractivity contribution is 0.617. The van der Waals surface area contributed by atoms with E-state index in [1.807, 2.05) is 26.0 Å². The topological polar surface area (TPSA) is 98.9 Å². The van der Waals surface area contributed by atoms with Crippen LogP contribution >= 0.6 is 0 Å². The zero-order chi connectivity index (χ0) is 17.8. The number of hydrogen-bond donors (Lipinski definition) is 2. The molecule has 0 radical (unpaired) electrons. The first-order chi connectivity index (χ1) is 12.0. The molecule has 1 aliphatic rings. The predicted octanol–water partition coefficient (Wildman–Crippen LogP) is 2.83. The van der Waals surface area contributed by atoms with Crippen LogP contribution in [-0.2, 0) is 0 Å². The zero-order valence-electron chi connectivity index (χ0n) is 13.8. The van der Waals surface area contributed by atoms with Gasteiger partial charge in [0.1, 0.15) is 17.7 Å². The second-order valence-corrected chi connectivity index (χ2v) is 5.65. The van der Waals surface area contributed by atoms with Gasteiger partial charge in [0.15, 0.2) is 17.3 Å². The molecule has 0 aliphatic carbocycles. The quantitative estimate of drug-likeness (QED) is 0.890. The number of hydrogen-bond acceptors (Lipinski definition) is 7. The molecule has 126 valence electrons. The van der Waals surface area contributed by atoms with Gasteiger partial charge in [-0.1, -0.05) is 0 Å². The lowest BCUT2D eigenvalue weighted by Crippen LogP contribution is -2.14. The van der Waals surface area contributed by atoms with E-state index in [2.05, 4.69) is 30.6 Å². The molecule has 3 rings (SSSR count). The maximum absolute atomic E-state index is 13.0. The molecule has 2 aromatic rings. The van der Waals surface area contributed by atoms with Crippen LogP contribution in [0.4, 0.5) is 16.0 Å². The molecule has 0 amide bonds. The van der Waals surface area contributed by atoms with Crippen molar-refractivity contribution in [3.8, 4) is 6.07 Å². The molecule has 1 atom stereocenters. The van der Waals surface area contributed by atoms with Crippen LogP contribution in [0.25, 0.3) is 0 Å². The molecule has 0 unspecified atom stereocenters. The highest BCUT2D eigenvalue weighted by molar-refractivity contribution is 6.05. The number of nitrogens with zero attached hydrogens (tertiary/aromatic N) is 5. The van der Waals surface area contributed by atoms with Crippen LogP contribution in [-0.4, -0.2) is 27.3 Å². The van der Waals surface area contributed by atoms with E-state index in [0.29, 0.717) is 29.7 Å². The summed E-state index contributed by atoms with van der Waals surface area (Å²) >= 11 is 0. The number of nitrogens with one attached hydrogen (secondary N) is 2. The first-order valence-corrected chi connectivity index (χ1v) is 7.69. The van der Waals surface area contributed by atoms with Gasteiger partial charge in [0.05, 0.1) is 30.7 Å². The third-order valence-electron chi connectivity index (χ3n) is 3.56. The van der Waals surface area contributed by atoms with Crippen LogP contribution in [0.1, 0.15) is 31.3 Å². The first kappa shape index (κ1) is 16.5. The number of rotatable bonds is 4. The first-order valence-electron chi connectivity index (χ1n) is 7.69. The average molecular weight is 337 g/mol. The Morgan fingerprint density at radius 1 is 1.28 bits per heavy atom. The molecule has 0 bridgehead atoms. The maximum Gasteiger partial charge on any atom is 0.183 e. The van der Waals surface area contributed by atoms with Gasteiger partial charge in [-0.05, 0) is 37.6 Å². The standard InChI is InChI=1S/C17H16FN7/c1-10-5-15(22-7-10)24-16-9-21-14(6-19)17(25-16)23-11(2)13-4-3-12(18)8-20-13/h3-5,8-9,11H,7H2,1-2H3,(H2,22,23,24,25)/t11-/m0/s1. The zero-order valence-corrected chi connectivity index (χ0v) is 13.8. The number of nitriles is 1. The van der Waals surface area contributed by atoms with Gasteiger partial charge in [0.2, 0.25) is 0 Å². The fourth-order valence-electron chi connectivity index (χ4n) is 2.30. The van der Waals surface area contributed by atoms with E-state index in [0.717, 1.165) is 11.8 Å². The minimum absolute atomic E-state index is 0.166. The summed E-state index contributed by atoms with van der Waals surface area (Å²) in [5.74, 6) is 1.10. The summed E-state index contributed by atoms with van der Waals surface area (Å²) in [5, 5.41) is 15.4.